The molecule has 0 N–H and O–H groups in total. The molecule has 0 fully saturated rings. The van der Waals surface area contributed by atoms with Gasteiger partial charge in [0.1, 0.15) is 32.5 Å². The van der Waals surface area contributed by atoms with Gasteiger partial charge in [-0.05, 0) is 69.7 Å². The van der Waals surface area contributed by atoms with E-state index < -0.39 is 21.0 Å². The fourth-order valence-electron chi connectivity index (χ4n) is 5.68. The second-order valence-corrected chi connectivity index (χ2v) is 17.9. The van der Waals surface area contributed by atoms with Crippen molar-refractivity contribution >= 4 is 21.0 Å². The monoisotopic (exact) mass is 866 g/mol. The minimum absolute atomic E-state index is 0.178. The van der Waals surface area contributed by atoms with Crippen LogP contribution in [0.1, 0.15) is 124 Å². The maximum atomic E-state index is 10.4. The Balaban J connectivity index is 0.000000753. The van der Waals surface area contributed by atoms with Gasteiger partial charge in [0.2, 0.25) is 0 Å². The minimum atomic E-state index is -4.27. The van der Waals surface area contributed by atoms with Crippen LogP contribution < -0.4 is 28.4 Å². The van der Waals surface area contributed by atoms with Gasteiger partial charge in [0.15, 0.2) is 27.9 Å². The molecule has 0 saturated carbocycles. The third-order valence-corrected chi connectivity index (χ3v) is 12.5. The predicted molar refractivity (Wildman–Crippen MR) is 243 cm³/mol. The van der Waals surface area contributed by atoms with E-state index in [-0.39, 0.29) is 4.90 Å². The summed E-state index contributed by atoms with van der Waals surface area (Å²) in [5, 5.41) is 0. The Hall–Kier alpha value is -4.06. The number of benzene rings is 4. The van der Waals surface area contributed by atoms with Crippen LogP contribution >= 0.6 is 0 Å². The summed E-state index contributed by atoms with van der Waals surface area (Å²) in [6.45, 7) is 18.6. The van der Waals surface area contributed by atoms with Gasteiger partial charge < -0.3 is 33.0 Å². The first-order valence-electron chi connectivity index (χ1n) is 22.1. The highest BCUT2D eigenvalue weighted by Crippen LogP contribution is 2.51. The van der Waals surface area contributed by atoms with E-state index in [4.69, 9.17) is 28.4 Å². The molecule has 0 heterocycles. The molecule has 0 radical (unpaired) electrons. The molecule has 0 aliphatic carbocycles. The average molecular weight is 867 g/mol. The highest BCUT2D eigenvalue weighted by Gasteiger charge is 2.42. The summed E-state index contributed by atoms with van der Waals surface area (Å²) in [5.74, 6) is 4.66. The standard InChI is InChI=1S/C42H63O6S.C7H8O3S/c1-7-13-24-43-34-30-37(45-26-15-9-3)41(38(31-34)46-27-16-10-4)49(36-22-20-19-21-23-36)42-39(47-28-17-11-5)32-35(44-25-14-8-2)33-40(42)48-29-18-12-6;1-6-2-4-7(5-3-6)11(8,9)10/h19-23,30-33H,7-18,24-29H2,1-6H3;2-5H,1H3,(H,8,9,10)/q+1;/p-1. The molecule has 9 nitrogen and oxygen atoms in total. The van der Waals surface area contributed by atoms with Crippen LogP contribution in [-0.2, 0) is 21.0 Å². The summed E-state index contributed by atoms with van der Waals surface area (Å²) in [4.78, 5) is 2.93. The average Bonchev–Trinajstić information content (AvgIpc) is 3.23. The second kappa shape index (κ2) is 28.5. The van der Waals surface area contributed by atoms with Gasteiger partial charge in [-0.1, -0.05) is 116 Å². The topological polar surface area (TPSA) is 113 Å². The first-order valence-corrected chi connectivity index (χ1v) is 24.7. The van der Waals surface area contributed by atoms with Crippen LogP contribution in [0.2, 0.25) is 0 Å². The van der Waals surface area contributed by atoms with Crippen molar-refractivity contribution in [1.29, 1.82) is 0 Å². The van der Waals surface area contributed by atoms with Gasteiger partial charge >= 0.3 is 0 Å². The Kier molecular flexibility index (Phi) is 23.9. The predicted octanol–water partition coefficient (Wildman–Crippen LogP) is 12.8. The molecule has 0 unspecified atom stereocenters. The molecule has 0 bridgehead atoms. The number of aryl methyl sites for hydroxylation is 1. The van der Waals surface area contributed by atoms with Crippen molar-refractivity contribution < 1.29 is 41.4 Å². The summed E-state index contributed by atoms with van der Waals surface area (Å²) < 4.78 is 70.6. The third-order valence-electron chi connectivity index (χ3n) is 9.24. The van der Waals surface area contributed by atoms with Crippen LogP contribution in [0.5, 0.6) is 34.5 Å². The lowest BCUT2D eigenvalue weighted by molar-refractivity contribution is 0.267. The van der Waals surface area contributed by atoms with E-state index in [0.717, 1.165) is 132 Å². The molecule has 11 heteroatoms. The van der Waals surface area contributed by atoms with Crippen molar-refractivity contribution in [3.05, 3.63) is 84.4 Å². The highest BCUT2D eigenvalue weighted by molar-refractivity contribution is 7.97. The Bertz CT molecular complexity index is 1740. The Morgan fingerprint density at radius 1 is 0.467 bits per heavy atom. The van der Waals surface area contributed by atoms with Gasteiger partial charge in [-0.2, -0.15) is 0 Å². The van der Waals surface area contributed by atoms with Crippen LogP contribution in [0.3, 0.4) is 0 Å². The fraction of sp³-hybridized carbons (Fsp3) is 0.510. The van der Waals surface area contributed by atoms with E-state index >= 15 is 0 Å². The molecule has 4 aromatic rings. The molecule has 60 heavy (non-hydrogen) atoms. The third kappa shape index (κ3) is 17.1. The van der Waals surface area contributed by atoms with Gasteiger partial charge in [-0.15, -0.1) is 0 Å². The molecule has 0 saturated heterocycles. The van der Waals surface area contributed by atoms with Gasteiger partial charge in [0.25, 0.3) is 9.79 Å². The summed E-state index contributed by atoms with van der Waals surface area (Å²) in [7, 11) is -4.99. The molecular formula is C49H70O9S2. The summed E-state index contributed by atoms with van der Waals surface area (Å²) in [6.07, 6.45) is 12.1. The minimum Gasteiger partial charge on any atom is -0.744 e. The van der Waals surface area contributed by atoms with Crippen LogP contribution in [0, 0.1) is 6.92 Å². The zero-order chi connectivity index (χ0) is 43.6. The molecule has 332 valence electrons. The Morgan fingerprint density at radius 3 is 1.08 bits per heavy atom. The molecule has 4 aromatic carbocycles. The van der Waals surface area contributed by atoms with Crippen molar-refractivity contribution in [2.75, 3.05) is 39.6 Å². The van der Waals surface area contributed by atoms with E-state index in [2.05, 4.69) is 96.1 Å². The second-order valence-electron chi connectivity index (χ2n) is 14.6. The number of rotatable bonds is 28. The zero-order valence-corrected chi connectivity index (χ0v) is 38.9. The quantitative estimate of drug-likeness (QED) is 0.0313. The highest BCUT2D eigenvalue weighted by atomic mass is 32.2. The van der Waals surface area contributed by atoms with E-state index in [0.29, 0.717) is 39.6 Å². The number of ether oxygens (including phenoxy) is 6. The van der Waals surface area contributed by atoms with Gasteiger partial charge in [0, 0.05) is 24.3 Å². The summed E-state index contributed by atoms with van der Waals surface area (Å²) in [5.41, 5.74) is 0.928. The van der Waals surface area contributed by atoms with E-state index in [1.54, 1.807) is 12.1 Å². The number of hydrogen-bond donors (Lipinski definition) is 0. The van der Waals surface area contributed by atoms with E-state index in [1.807, 2.05) is 6.92 Å². The molecule has 0 amide bonds. The molecular weight excluding hydrogens is 797 g/mol. The first-order chi connectivity index (χ1) is 29.1. The van der Waals surface area contributed by atoms with Crippen molar-refractivity contribution in [3.8, 4) is 34.5 Å². The molecule has 0 aliphatic rings. The molecule has 0 atom stereocenters. The van der Waals surface area contributed by atoms with Gasteiger partial charge in [-0.25, -0.2) is 8.42 Å². The molecule has 0 spiro atoms. The Labute approximate surface area is 364 Å². The van der Waals surface area contributed by atoms with Crippen molar-refractivity contribution in [1.82, 2.24) is 0 Å². The number of hydrogen-bond acceptors (Lipinski definition) is 9. The van der Waals surface area contributed by atoms with E-state index in [9.17, 15) is 13.0 Å². The lowest BCUT2D eigenvalue weighted by atomic mass is 10.2. The first kappa shape index (κ1) is 50.3. The SMILES string of the molecule is CCCCOc1cc(OCCCC)c([S+](c2ccccc2)c2c(OCCCC)cc(OCCCC)cc2OCCCC)c(OCCCC)c1.Cc1ccc(S(=O)(=O)[O-])cc1. The molecule has 0 aromatic heterocycles. The maximum absolute atomic E-state index is 10.4. The Morgan fingerprint density at radius 2 is 0.783 bits per heavy atom. The van der Waals surface area contributed by atoms with Crippen LogP contribution in [-0.4, -0.2) is 52.6 Å². The zero-order valence-electron chi connectivity index (χ0n) is 37.2. The normalized spacial score (nSPS) is 11.2. The lowest BCUT2D eigenvalue weighted by Gasteiger charge is -2.22. The van der Waals surface area contributed by atoms with E-state index in [1.165, 1.54) is 12.1 Å². The van der Waals surface area contributed by atoms with Crippen LogP contribution in [0.4, 0.5) is 0 Å². The van der Waals surface area contributed by atoms with Crippen molar-refractivity contribution in [2.45, 2.75) is 145 Å². The summed E-state index contributed by atoms with van der Waals surface area (Å²) in [6, 6.07) is 24.7. The van der Waals surface area contributed by atoms with Crippen molar-refractivity contribution in [3.63, 3.8) is 0 Å². The van der Waals surface area contributed by atoms with Crippen LogP contribution in [0.15, 0.2) is 98.4 Å². The largest absolute Gasteiger partial charge is 0.744 e. The maximum Gasteiger partial charge on any atom is 0.250 e. The van der Waals surface area contributed by atoms with Gasteiger partial charge in [0.05, 0.1) is 44.5 Å². The summed E-state index contributed by atoms with van der Waals surface area (Å²) >= 11 is 0. The van der Waals surface area contributed by atoms with Crippen LogP contribution in [0.25, 0.3) is 0 Å². The van der Waals surface area contributed by atoms with Crippen molar-refractivity contribution in [2.24, 2.45) is 0 Å². The smallest absolute Gasteiger partial charge is 0.250 e. The van der Waals surface area contributed by atoms with Gasteiger partial charge in [-0.3, -0.25) is 0 Å². The lowest BCUT2D eigenvalue weighted by Crippen LogP contribution is -2.15. The molecule has 4 rings (SSSR count). The number of unbranched alkanes of at least 4 members (excludes halogenated alkanes) is 6. The fourth-order valence-corrected chi connectivity index (χ4v) is 8.53. The molecule has 0 aliphatic heterocycles.